The summed E-state index contributed by atoms with van der Waals surface area (Å²) in [5, 5.41) is 18.7. The number of thioether (sulfide) groups is 1. The fourth-order valence-electron chi connectivity index (χ4n) is 2.56. The van der Waals surface area contributed by atoms with Crippen molar-refractivity contribution in [2.75, 3.05) is 7.11 Å². The second-order valence-corrected chi connectivity index (χ2v) is 7.75. The zero-order valence-corrected chi connectivity index (χ0v) is 17.1. The monoisotopic (exact) mass is 492 g/mol. The number of carbonyl (C=O) groups is 2. The Morgan fingerprint density at radius 2 is 2.07 bits per heavy atom. The Morgan fingerprint density at radius 3 is 2.78 bits per heavy atom. The number of hydrogen-bond donors (Lipinski definition) is 1. The van der Waals surface area contributed by atoms with E-state index in [1.165, 1.54) is 7.11 Å². The van der Waals surface area contributed by atoms with Crippen LogP contribution in [0.5, 0.6) is 11.5 Å². The third kappa shape index (κ3) is 3.94. The summed E-state index contributed by atoms with van der Waals surface area (Å²) in [7, 11) is 1.44. The van der Waals surface area contributed by atoms with Gasteiger partial charge in [0.25, 0.3) is 11.1 Å². The van der Waals surface area contributed by atoms with E-state index < -0.39 is 5.91 Å². The van der Waals surface area contributed by atoms with Gasteiger partial charge in [0.1, 0.15) is 0 Å². The van der Waals surface area contributed by atoms with Gasteiger partial charge in [-0.15, -0.1) is 0 Å². The molecule has 8 heteroatoms. The van der Waals surface area contributed by atoms with Gasteiger partial charge in [0.05, 0.1) is 33.8 Å². The zero-order chi connectivity index (χ0) is 19.6. The third-order valence-corrected chi connectivity index (χ3v) is 5.64. The second-order valence-electron chi connectivity index (χ2n) is 5.59. The fourth-order valence-corrected chi connectivity index (χ4v) is 4.02. The third-order valence-electron chi connectivity index (χ3n) is 3.91. The molecule has 27 heavy (non-hydrogen) atoms. The van der Waals surface area contributed by atoms with E-state index in [9.17, 15) is 20.0 Å². The van der Waals surface area contributed by atoms with E-state index >= 15 is 0 Å². The predicted octanol–water partition coefficient (Wildman–Crippen LogP) is 4.11. The van der Waals surface area contributed by atoms with Crippen LogP contribution in [0.2, 0.25) is 0 Å². The van der Waals surface area contributed by atoms with Gasteiger partial charge in [-0.1, -0.05) is 18.2 Å². The van der Waals surface area contributed by atoms with Gasteiger partial charge in [-0.05, 0) is 69.8 Å². The van der Waals surface area contributed by atoms with E-state index in [0.717, 1.165) is 16.7 Å². The van der Waals surface area contributed by atoms with Crippen molar-refractivity contribution >= 4 is 51.6 Å². The summed E-state index contributed by atoms with van der Waals surface area (Å²) < 4.78 is 5.69. The van der Waals surface area contributed by atoms with Crippen LogP contribution in [0.25, 0.3) is 6.08 Å². The molecule has 2 aromatic carbocycles. The maximum absolute atomic E-state index is 12.7. The first-order valence-corrected chi connectivity index (χ1v) is 9.64. The van der Waals surface area contributed by atoms with E-state index in [1.54, 1.807) is 42.5 Å². The van der Waals surface area contributed by atoms with Gasteiger partial charge in [-0.2, -0.15) is 5.26 Å². The van der Waals surface area contributed by atoms with E-state index in [4.69, 9.17) is 4.74 Å². The van der Waals surface area contributed by atoms with Crippen LogP contribution in [0.3, 0.4) is 0 Å². The molecule has 1 fully saturated rings. The Bertz CT molecular complexity index is 1010. The molecule has 0 atom stereocenters. The van der Waals surface area contributed by atoms with Crippen LogP contribution in [0.4, 0.5) is 4.79 Å². The second kappa shape index (κ2) is 8.02. The van der Waals surface area contributed by atoms with Gasteiger partial charge in [0.2, 0.25) is 0 Å². The number of benzene rings is 2. The summed E-state index contributed by atoms with van der Waals surface area (Å²) in [4.78, 5) is 26.4. The zero-order valence-electron chi connectivity index (χ0n) is 14.1. The van der Waals surface area contributed by atoms with Crippen LogP contribution in [0.15, 0.2) is 41.3 Å². The van der Waals surface area contributed by atoms with Gasteiger partial charge in [-0.25, -0.2) is 0 Å². The minimum atomic E-state index is -0.417. The highest BCUT2D eigenvalue weighted by molar-refractivity contribution is 14.1. The van der Waals surface area contributed by atoms with Crippen molar-refractivity contribution in [3.63, 3.8) is 0 Å². The molecule has 136 valence electrons. The van der Waals surface area contributed by atoms with Gasteiger partial charge in [-0.3, -0.25) is 14.5 Å². The van der Waals surface area contributed by atoms with Crippen molar-refractivity contribution in [2.24, 2.45) is 0 Å². The van der Waals surface area contributed by atoms with E-state index in [-0.39, 0.29) is 28.2 Å². The van der Waals surface area contributed by atoms with Crippen LogP contribution >= 0.6 is 34.4 Å². The first-order valence-electron chi connectivity index (χ1n) is 7.74. The molecule has 0 aliphatic carbocycles. The van der Waals surface area contributed by atoms with Crippen molar-refractivity contribution < 1.29 is 19.4 Å². The van der Waals surface area contributed by atoms with E-state index in [1.807, 2.05) is 22.6 Å². The maximum atomic E-state index is 12.7. The molecule has 0 radical (unpaired) electrons. The minimum Gasteiger partial charge on any atom is -0.504 e. The molecule has 1 saturated heterocycles. The van der Waals surface area contributed by atoms with Crippen LogP contribution in [-0.4, -0.2) is 28.3 Å². The molecule has 1 heterocycles. The fraction of sp³-hybridized carbons (Fsp3) is 0.105. The summed E-state index contributed by atoms with van der Waals surface area (Å²) >= 11 is 2.81. The van der Waals surface area contributed by atoms with Crippen LogP contribution < -0.4 is 4.74 Å². The van der Waals surface area contributed by atoms with Gasteiger partial charge >= 0.3 is 0 Å². The number of methoxy groups -OCH3 is 1. The number of aromatic hydroxyl groups is 1. The Kier molecular flexibility index (Phi) is 5.72. The summed E-state index contributed by atoms with van der Waals surface area (Å²) in [6.07, 6.45) is 1.59. The van der Waals surface area contributed by atoms with Gasteiger partial charge in [0, 0.05) is 0 Å². The summed E-state index contributed by atoms with van der Waals surface area (Å²) in [5.74, 6) is -0.105. The number of phenols is 1. The van der Waals surface area contributed by atoms with E-state index in [0.29, 0.717) is 20.3 Å². The maximum Gasteiger partial charge on any atom is 0.293 e. The summed E-state index contributed by atoms with van der Waals surface area (Å²) in [6, 6.07) is 12.2. The molecule has 6 nitrogen and oxygen atoms in total. The van der Waals surface area contributed by atoms with Crippen LogP contribution in [0, 0.1) is 14.9 Å². The van der Waals surface area contributed by atoms with Crippen molar-refractivity contribution in [3.8, 4) is 17.6 Å². The molecule has 0 aromatic heterocycles. The molecular formula is C19H13IN2O4S. The molecule has 0 saturated carbocycles. The number of ether oxygens (including phenoxy) is 1. The average Bonchev–Trinajstić information content (AvgIpc) is 2.92. The molecule has 1 N–H and O–H groups in total. The predicted molar refractivity (Wildman–Crippen MR) is 110 cm³/mol. The molecule has 2 aromatic rings. The van der Waals surface area contributed by atoms with Crippen LogP contribution in [-0.2, 0) is 11.3 Å². The standard InChI is InChI=1S/C19H13IN2O4S/c1-26-15-7-11(6-14(20)17(15)23)8-16-18(24)22(19(25)27-16)10-13-5-3-2-4-12(13)9-21/h2-8,23H,10H2,1H3/b16-8+. The lowest BCUT2D eigenvalue weighted by molar-refractivity contribution is -0.123. The molecular weight excluding hydrogens is 479 g/mol. The van der Waals surface area contributed by atoms with Gasteiger partial charge < -0.3 is 9.84 Å². The smallest absolute Gasteiger partial charge is 0.293 e. The Morgan fingerprint density at radius 1 is 1.33 bits per heavy atom. The molecule has 3 rings (SSSR count). The Labute approximate surface area is 173 Å². The minimum absolute atomic E-state index is 0.0245. The molecule has 0 unspecified atom stereocenters. The lowest BCUT2D eigenvalue weighted by Gasteiger charge is -2.13. The highest BCUT2D eigenvalue weighted by Gasteiger charge is 2.35. The highest BCUT2D eigenvalue weighted by Crippen LogP contribution is 2.37. The Hall–Kier alpha value is -2.51. The molecule has 2 amide bonds. The highest BCUT2D eigenvalue weighted by atomic mass is 127. The van der Waals surface area contributed by atoms with Crippen molar-refractivity contribution in [1.82, 2.24) is 4.90 Å². The number of carbonyl (C=O) groups excluding carboxylic acids is 2. The van der Waals surface area contributed by atoms with Gasteiger partial charge in [0.15, 0.2) is 11.5 Å². The largest absolute Gasteiger partial charge is 0.504 e. The number of imide groups is 1. The lowest BCUT2D eigenvalue weighted by atomic mass is 10.1. The van der Waals surface area contributed by atoms with Crippen molar-refractivity contribution in [1.29, 1.82) is 5.26 Å². The summed E-state index contributed by atoms with van der Waals surface area (Å²) in [5.41, 5.74) is 1.68. The van der Waals surface area contributed by atoms with Crippen molar-refractivity contribution in [3.05, 3.63) is 61.6 Å². The molecule has 0 spiro atoms. The van der Waals surface area contributed by atoms with E-state index in [2.05, 4.69) is 6.07 Å². The quantitative estimate of drug-likeness (QED) is 0.511. The molecule has 1 aliphatic rings. The average molecular weight is 492 g/mol. The topological polar surface area (TPSA) is 90.6 Å². The number of halogens is 1. The van der Waals surface area contributed by atoms with Crippen molar-refractivity contribution in [2.45, 2.75) is 6.54 Å². The van der Waals surface area contributed by atoms with Crippen LogP contribution in [0.1, 0.15) is 16.7 Å². The molecule has 0 bridgehead atoms. The normalized spacial score (nSPS) is 15.3. The number of nitrogens with zero attached hydrogens (tertiary/aromatic N) is 2. The number of phenolic OH excluding ortho intramolecular Hbond substituents is 1. The number of amides is 2. The SMILES string of the molecule is COc1cc(/C=C2/SC(=O)N(Cc3ccccc3C#N)C2=O)cc(I)c1O. The summed E-state index contributed by atoms with van der Waals surface area (Å²) in [6.45, 7) is 0.0438. The first kappa shape index (κ1) is 19.3. The number of hydrogen-bond acceptors (Lipinski definition) is 6. The lowest BCUT2D eigenvalue weighted by Crippen LogP contribution is -2.27. The Balaban J connectivity index is 1.89. The molecule has 1 aliphatic heterocycles. The first-order chi connectivity index (χ1) is 12.9. The number of nitriles is 1. The number of rotatable bonds is 4.